The van der Waals surface area contributed by atoms with Crippen molar-refractivity contribution in [2.24, 2.45) is 0 Å². The molecule has 1 aliphatic rings. The fourth-order valence-corrected chi connectivity index (χ4v) is 3.05. The minimum atomic E-state index is -0.899. The van der Waals surface area contributed by atoms with Crippen LogP contribution in [0.1, 0.15) is 41.9 Å². The molecule has 1 heterocycles. The number of nitrogens with zero attached hydrogens (tertiary/aromatic N) is 1. The van der Waals surface area contributed by atoms with Gasteiger partial charge >= 0.3 is 5.97 Å². The lowest BCUT2D eigenvalue weighted by molar-refractivity contribution is 0.0698. The Balaban J connectivity index is 2.46. The van der Waals surface area contributed by atoms with Crippen molar-refractivity contribution >= 4 is 28.5 Å². The summed E-state index contributed by atoms with van der Waals surface area (Å²) in [4.78, 5) is 16.3. The first-order valence-corrected chi connectivity index (χ1v) is 6.64. The van der Waals surface area contributed by atoms with Crippen molar-refractivity contribution < 1.29 is 9.90 Å². The third-order valence-corrected chi connectivity index (χ3v) is 4.14. The van der Waals surface area contributed by atoms with Crippen molar-refractivity contribution in [3.63, 3.8) is 0 Å². The molecule has 1 aromatic heterocycles. The molecule has 1 aromatic carbocycles. The summed E-state index contributed by atoms with van der Waals surface area (Å²) in [6, 6.07) is 5.23. The summed E-state index contributed by atoms with van der Waals surface area (Å²) in [7, 11) is 0. The summed E-state index contributed by atoms with van der Waals surface area (Å²) < 4.78 is 0. The van der Waals surface area contributed by atoms with E-state index in [2.05, 4.69) is 18.8 Å². The number of aromatic carboxylic acids is 1. The number of pyridine rings is 1. The highest BCUT2D eigenvalue weighted by atomic mass is 35.5. The molecular weight excluding hydrogens is 262 g/mol. The highest BCUT2D eigenvalue weighted by Gasteiger charge is 2.35. The first kappa shape index (κ1) is 12.4. The smallest absolute Gasteiger partial charge is 0.336 e. The summed E-state index contributed by atoms with van der Waals surface area (Å²) in [6.45, 7) is 4.22. The Bertz CT molecular complexity index is 707. The number of hydrogen-bond acceptors (Lipinski definition) is 2. The van der Waals surface area contributed by atoms with E-state index in [0.29, 0.717) is 21.5 Å². The van der Waals surface area contributed by atoms with Gasteiger partial charge in [0.25, 0.3) is 0 Å². The van der Waals surface area contributed by atoms with E-state index in [1.54, 1.807) is 18.2 Å². The van der Waals surface area contributed by atoms with Crippen LogP contribution in [0.15, 0.2) is 18.2 Å². The maximum atomic E-state index is 11.6. The number of carboxylic acid groups (broad SMARTS) is 1. The molecule has 98 valence electrons. The average Bonchev–Trinajstić information content (AvgIpc) is 2.62. The Morgan fingerprint density at radius 3 is 2.84 bits per heavy atom. The van der Waals surface area contributed by atoms with Crippen molar-refractivity contribution in [1.82, 2.24) is 4.98 Å². The van der Waals surface area contributed by atoms with E-state index in [1.165, 1.54) is 0 Å². The lowest BCUT2D eigenvalue weighted by atomic mass is 9.89. The molecule has 0 bridgehead atoms. The van der Waals surface area contributed by atoms with Gasteiger partial charge in [0.1, 0.15) is 0 Å². The van der Waals surface area contributed by atoms with Crippen LogP contribution >= 0.6 is 11.6 Å². The molecule has 0 unspecified atom stereocenters. The molecule has 1 N–H and O–H groups in total. The molecular formula is C15H14ClNO2. The molecule has 0 aliphatic heterocycles. The fraction of sp³-hybridized carbons (Fsp3) is 0.333. The normalized spacial score (nSPS) is 16.6. The van der Waals surface area contributed by atoms with Crippen LogP contribution < -0.4 is 0 Å². The number of aromatic nitrogens is 1. The van der Waals surface area contributed by atoms with Crippen LogP contribution in [-0.2, 0) is 11.8 Å². The van der Waals surface area contributed by atoms with E-state index in [9.17, 15) is 9.90 Å². The fourth-order valence-electron chi connectivity index (χ4n) is 2.88. The summed E-state index contributed by atoms with van der Waals surface area (Å²) in [5.41, 5.74) is 2.79. The molecule has 3 rings (SSSR count). The van der Waals surface area contributed by atoms with Crippen LogP contribution in [-0.4, -0.2) is 16.1 Å². The molecule has 0 spiro atoms. The minimum Gasteiger partial charge on any atom is -0.478 e. The molecule has 0 saturated heterocycles. The van der Waals surface area contributed by atoms with Crippen LogP contribution in [0, 0.1) is 0 Å². The lowest BCUT2D eigenvalue weighted by Crippen LogP contribution is -2.15. The van der Waals surface area contributed by atoms with Gasteiger partial charge in [0.2, 0.25) is 0 Å². The van der Waals surface area contributed by atoms with Gasteiger partial charge in [0.15, 0.2) is 0 Å². The van der Waals surface area contributed by atoms with Crippen molar-refractivity contribution in [2.75, 3.05) is 0 Å². The number of carbonyl (C=O) groups is 1. The van der Waals surface area contributed by atoms with Crippen LogP contribution in [0.5, 0.6) is 0 Å². The van der Waals surface area contributed by atoms with E-state index in [0.717, 1.165) is 24.1 Å². The number of benzene rings is 1. The zero-order chi connectivity index (χ0) is 13.8. The van der Waals surface area contributed by atoms with Gasteiger partial charge in [-0.2, -0.15) is 0 Å². The number of carboxylic acids is 1. The number of halogens is 1. The van der Waals surface area contributed by atoms with Crippen molar-refractivity contribution in [3.8, 4) is 0 Å². The summed E-state index contributed by atoms with van der Waals surface area (Å²) >= 11 is 5.98. The lowest BCUT2D eigenvalue weighted by Gasteiger charge is -2.18. The van der Waals surface area contributed by atoms with Crippen LogP contribution in [0.25, 0.3) is 10.9 Å². The molecule has 0 saturated carbocycles. The van der Waals surface area contributed by atoms with E-state index < -0.39 is 5.97 Å². The quantitative estimate of drug-likeness (QED) is 0.861. The highest BCUT2D eigenvalue weighted by molar-refractivity contribution is 6.31. The van der Waals surface area contributed by atoms with Gasteiger partial charge in [-0.15, -0.1) is 0 Å². The molecule has 0 radical (unpaired) electrons. The molecule has 2 aromatic rings. The number of hydrogen-bond donors (Lipinski definition) is 1. The van der Waals surface area contributed by atoms with Crippen LogP contribution in [0.3, 0.4) is 0 Å². The molecule has 0 amide bonds. The molecule has 19 heavy (non-hydrogen) atoms. The summed E-state index contributed by atoms with van der Waals surface area (Å²) in [5, 5.41) is 10.7. The first-order chi connectivity index (χ1) is 8.90. The van der Waals surface area contributed by atoms with Crippen LogP contribution in [0.2, 0.25) is 5.02 Å². The van der Waals surface area contributed by atoms with Gasteiger partial charge in [-0.25, -0.2) is 4.79 Å². The summed E-state index contributed by atoms with van der Waals surface area (Å²) in [5.74, 6) is -0.899. The maximum absolute atomic E-state index is 11.6. The second-order valence-electron chi connectivity index (χ2n) is 5.66. The van der Waals surface area contributed by atoms with Gasteiger partial charge in [0, 0.05) is 15.8 Å². The Labute approximate surface area is 116 Å². The minimum absolute atomic E-state index is 0.0621. The monoisotopic (exact) mass is 275 g/mol. The zero-order valence-electron chi connectivity index (χ0n) is 10.8. The topological polar surface area (TPSA) is 50.2 Å². The average molecular weight is 276 g/mol. The van der Waals surface area contributed by atoms with Crippen molar-refractivity contribution in [2.45, 2.75) is 32.1 Å². The Morgan fingerprint density at radius 1 is 1.42 bits per heavy atom. The standard InChI is InChI=1S/C15H14ClNO2/c1-15(2)6-5-9-12(14(18)19)10-7-8(16)3-4-11(10)17-13(9)15/h3-4,7H,5-6H2,1-2H3,(H,18,19). The van der Waals surface area contributed by atoms with Gasteiger partial charge in [-0.1, -0.05) is 25.4 Å². The van der Waals surface area contributed by atoms with E-state index in [1.807, 2.05) is 0 Å². The third kappa shape index (κ3) is 1.80. The van der Waals surface area contributed by atoms with Crippen LogP contribution in [0.4, 0.5) is 0 Å². The van der Waals surface area contributed by atoms with Gasteiger partial charge < -0.3 is 5.11 Å². The Kier molecular flexibility index (Phi) is 2.58. The molecule has 0 fully saturated rings. The zero-order valence-corrected chi connectivity index (χ0v) is 11.6. The SMILES string of the molecule is CC1(C)CCc2c1nc1ccc(Cl)cc1c2C(=O)O. The molecule has 3 nitrogen and oxygen atoms in total. The third-order valence-electron chi connectivity index (χ3n) is 3.90. The number of rotatable bonds is 1. The molecule has 4 heteroatoms. The largest absolute Gasteiger partial charge is 0.478 e. The predicted molar refractivity (Wildman–Crippen MR) is 75.1 cm³/mol. The molecule has 0 atom stereocenters. The van der Waals surface area contributed by atoms with Gasteiger partial charge in [0.05, 0.1) is 16.8 Å². The highest BCUT2D eigenvalue weighted by Crippen LogP contribution is 2.41. The molecule has 1 aliphatic carbocycles. The first-order valence-electron chi connectivity index (χ1n) is 6.26. The Hall–Kier alpha value is -1.61. The maximum Gasteiger partial charge on any atom is 0.336 e. The van der Waals surface area contributed by atoms with Gasteiger partial charge in [-0.3, -0.25) is 4.98 Å². The van der Waals surface area contributed by atoms with Crippen molar-refractivity contribution in [3.05, 3.63) is 40.0 Å². The van der Waals surface area contributed by atoms with E-state index >= 15 is 0 Å². The Morgan fingerprint density at radius 2 is 2.16 bits per heavy atom. The van der Waals surface area contributed by atoms with E-state index in [-0.39, 0.29) is 5.41 Å². The second kappa shape index (κ2) is 3.94. The second-order valence-corrected chi connectivity index (χ2v) is 6.10. The number of fused-ring (bicyclic) bond motifs is 2. The predicted octanol–water partition coefficient (Wildman–Crippen LogP) is 3.81. The van der Waals surface area contributed by atoms with Crippen molar-refractivity contribution in [1.29, 1.82) is 0 Å². The summed E-state index contributed by atoms with van der Waals surface area (Å²) in [6.07, 6.45) is 1.69. The van der Waals surface area contributed by atoms with E-state index in [4.69, 9.17) is 11.6 Å². The van der Waals surface area contributed by atoms with Gasteiger partial charge in [-0.05, 0) is 36.6 Å².